The third-order valence-corrected chi connectivity index (χ3v) is 3.92. The van der Waals surface area contributed by atoms with E-state index in [0.717, 1.165) is 6.08 Å². The number of aliphatic hydroxyl groups is 3. The molecule has 0 spiro atoms. The van der Waals surface area contributed by atoms with E-state index < -0.39 is 48.7 Å². The van der Waals surface area contributed by atoms with Gasteiger partial charge in [-0.05, 0) is 23.8 Å². The maximum absolute atomic E-state index is 11.8. The van der Waals surface area contributed by atoms with E-state index in [-0.39, 0.29) is 11.5 Å². The maximum atomic E-state index is 11.8. The van der Waals surface area contributed by atoms with Crippen LogP contribution >= 0.6 is 0 Å². The van der Waals surface area contributed by atoms with Gasteiger partial charge in [0.15, 0.2) is 11.5 Å². The molecule has 0 bridgehead atoms. The topological polar surface area (TPSA) is 168 Å². The second-order valence-corrected chi connectivity index (χ2v) is 5.84. The van der Waals surface area contributed by atoms with E-state index in [0.29, 0.717) is 5.56 Å². The van der Waals surface area contributed by atoms with Crippen molar-refractivity contribution in [1.29, 1.82) is 0 Å². The fourth-order valence-electron chi connectivity index (χ4n) is 2.53. The molecule has 9 nitrogen and oxygen atoms in total. The largest absolute Gasteiger partial charge is 0.547 e. The van der Waals surface area contributed by atoms with Crippen LogP contribution < -0.4 is 5.11 Å². The number of aliphatic hydroxyl groups excluding tert-OH is 2. The molecular formula is C16H17O9-. The summed E-state index contributed by atoms with van der Waals surface area (Å²) in [6.45, 7) is 0. The van der Waals surface area contributed by atoms with Crippen molar-refractivity contribution in [2.45, 2.75) is 36.8 Å². The monoisotopic (exact) mass is 353 g/mol. The van der Waals surface area contributed by atoms with Crippen molar-refractivity contribution in [3.8, 4) is 11.5 Å². The summed E-state index contributed by atoms with van der Waals surface area (Å²) in [6, 6.07) is 3.81. The highest BCUT2D eigenvalue weighted by atomic mass is 16.6. The smallest absolute Gasteiger partial charge is 0.331 e. The lowest BCUT2D eigenvalue weighted by molar-refractivity contribution is -0.331. The Morgan fingerprint density at radius 3 is 2.48 bits per heavy atom. The lowest BCUT2D eigenvalue weighted by Gasteiger charge is -2.41. The number of carboxylic acid groups (broad SMARTS) is 1. The van der Waals surface area contributed by atoms with Crippen molar-refractivity contribution in [2.24, 2.45) is 0 Å². The quantitative estimate of drug-likeness (QED) is 0.234. The number of hydrogen-bond donors (Lipinski definition) is 5. The van der Waals surface area contributed by atoms with Crippen LogP contribution in [0.25, 0.3) is 6.08 Å². The standard InChI is InChI=1S/C16H18O9/c17-9-3-1-8(5-10(9)18)2-4-13(20)25-12-7-16(24,15(22)23)6-11(19)14(12)21/h1-5,11-12,14,17-19,21,24H,6-7H2,(H,22,23)/p-1/b4-2+/t11-,12+,14+,16-/m0/s1. The van der Waals surface area contributed by atoms with Crippen molar-refractivity contribution in [3.05, 3.63) is 29.8 Å². The van der Waals surface area contributed by atoms with E-state index in [1.807, 2.05) is 0 Å². The van der Waals surface area contributed by atoms with E-state index in [4.69, 9.17) is 4.74 Å². The molecule has 1 aromatic carbocycles. The third-order valence-electron chi connectivity index (χ3n) is 3.92. The summed E-state index contributed by atoms with van der Waals surface area (Å²) >= 11 is 0. The molecule has 9 heteroatoms. The van der Waals surface area contributed by atoms with E-state index in [1.54, 1.807) is 0 Å². The van der Waals surface area contributed by atoms with Gasteiger partial charge in [0.1, 0.15) is 17.8 Å². The number of rotatable bonds is 4. The van der Waals surface area contributed by atoms with E-state index in [2.05, 4.69) is 0 Å². The first kappa shape index (κ1) is 18.7. The van der Waals surface area contributed by atoms with E-state index in [9.17, 15) is 40.2 Å². The van der Waals surface area contributed by atoms with Crippen molar-refractivity contribution >= 4 is 18.0 Å². The molecule has 1 saturated carbocycles. The molecule has 0 aliphatic heterocycles. The Labute approximate surface area is 142 Å². The zero-order valence-corrected chi connectivity index (χ0v) is 12.9. The van der Waals surface area contributed by atoms with Gasteiger partial charge < -0.3 is 40.2 Å². The summed E-state index contributed by atoms with van der Waals surface area (Å²) in [6.07, 6.45) is -3.70. The molecule has 4 atom stereocenters. The molecule has 1 aromatic rings. The molecule has 1 aliphatic carbocycles. The van der Waals surface area contributed by atoms with Gasteiger partial charge in [-0.1, -0.05) is 6.07 Å². The van der Waals surface area contributed by atoms with Crippen LogP contribution in [-0.2, 0) is 14.3 Å². The molecule has 0 amide bonds. The minimum Gasteiger partial charge on any atom is -0.547 e. The predicted octanol–water partition coefficient (Wildman–Crippen LogP) is -1.98. The molecule has 5 N–H and O–H groups in total. The highest BCUT2D eigenvalue weighted by Crippen LogP contribution is 2.31. The first-order valence-electron chi connectivity index (χ1n) is 7.33. The molecule has 1 fully saturated rings. The number of benzene rings is 1. The average molecular weight is 353 g/mol. The van der Waals surface area contributed by atoms with Crippen molar-refractivity contribution in [2.75, 3.05) is 0 Å². The van der Waals surface area contributed by atoms with Gasteiger partial charge in [0.2, 0.25) is 0 Å². The number of carbonyl (C=O) groups is 2. The van der Waals surface area contributed by atoms with E-state index >= 15 is 0 Å². The lowest BCUT2D eigenvalue weighted by Crippen LogP contribution is -2.60. The van der Waals surface area contributed by atoms with Gasteiger partial charge in [0.25, 0.3) is 0 Å². The van der Waals surface area contributed by atoms with E-state index in [1.165, 1.54) is 24.3 Å². The zero-order valence-electron chi connectivity index (χ0n) is 12.9. The summed E-state index contributed by atoms with van der Waals surface area (Å²) in [4.78, 5) is 22.8. The zero-order chi connectivity index (χ0) is 18.8. The normalized spacial score (nSPS) is 29.5. The SMILES string of the molecule is O=C(/C=C/c1ccc(O)c(O)c1)O[C@@H]1C[C@](O)(C(=O)[O-])C[C@H](O)[C@H]1O. The van der Waals surface area contributed by atoms with Gasteiger partial charge in [-0.3, -0.25) is 0 Å². The Morgan fingerprint density at radius 1 is 1.20 bits per heavy atom. The molecule has 0 unspecified atom stereocenters. The van der Waals surface area contributed by atoms with Gasteiger partial charge in [0, 0.05) is 18.9 Å². The minimum absolute atomic E-state index is 0.333. The summed E-state index contributed by atoms with van der Waals surface area (Å²) in [5, 5.41) is 58.9. The summed E-state index contributed by atoms with van der Waals surface area (Å²) in [7, 11) is 0. The first-order valence-corrected chi connectivity index (χ1v) is 7.33. The Balaban J connectivity index is 2.06. The Hall–Kier alpha value is -2.62. The maximum Gasteiger partial charge on any atom is 0.331 e. The fourth-order valence-corrected chi connectivity index (χ4v) is 2.53. The van der Waals surface area contributed by atoms with Crippen LogP contribution in [0.15, 0.2) is 24.3 Å². The van der Waals surface area contributed by atoms with Crippen LogP contribution in [0, 0.1) is 0 Å². The highest BCUT2D eigenvalue weighted by molar-refractivity contribution is 5.87. The van der Waals surface area contributed by atoms with Crippen LogP contribution in [-0.4, -0.2) is 61.4 Å². The molecule has 25 heavy (non-hydrogen) atoms. The number of carbonyl (C=O) groups excluding carboxylic acids is 2. The van der Waals surface area contributed by atoms with Crippen molar-refractivity contribution in [3.63, 3.8) is 0 Å². The molecule has 1 aliphatic rings. The van der Waals surface area contributed by atoms with Gasteiger partial charge in [-0.15, -0.1) is 0 Å². The number of phenolic OH excluding ortho intramolecular Hbond substituents is 2. The van der Waals surface area contributed by atoms with Crippen LogP contribution in [0.3, 0.4) is 0 Å². The molecule has 2 rings (SSSR count). The first-order chi connectivity index (χ1) is 11.6. The number of aliphatic carboxylic acids is 1. The number of ether oxygens (including phenoxy) is 1. The molecule has 0 aromatic heterocycles. The van der Waals surface area contributed by atoms with Gasteiger partial charge in [-0.25, -0.2) is 4.79 Å². The van der Waals surface area contributed by atoms with Crippen molar-refractivity contribution in [1.82, 2.24) is 0 Å². The Morgan fingerprint density at radius 2 is 1.88 bits per heavy atom. The van der Waals surface area contributed by atoms with Gasteiger partial charge in [-0.2, -0.15) is 0 Å². The minimum atomic E-state index is -2.42. The molecule has 0 saturated heterocycles. The molecular weight excluding hydrogens is 336 g/mol. The molecule has 136 valence electrons. The molecule has 0 heterocycles. The van der Waals surface area contributed by atoms with Crippen LogP contribution in [0.1, 0.15) is 18.4 Å². The average Bonchev–Trinajstić information content (AvgIpc) is 2.53. The van der Waals surface area contributed by atoms with Crippen LogP contribution in [0.4, 0.5) is 0 Å². The second-order valence-electron chi connectivity index (χ2n) is 5.84. The summed E-state index contributed by atoms with van der Waals surface area (Å²) in [5.41, 5.74) is -2.06. The number of aromatic hydroxyl groups is 2. The summed E-state index contributed by atoms with van der Waals surface area (Å²) in [5.74, 6) is -3.53. The van der Waals surface area contributed by atoms with Crippen molar-refractivity contribution < 1.29 is 45.0 Å². The number of carboxylic acids is 1. The Kier molecular flexibility index (Phi) is 5.31. The second kappa shape index (κ2) is 7.09. The lowest BCUT2D eigenvalue weighted by atomic mass is 9.79. The number of esters is 1. The fraction of sp³-hybridized carbons (Fsp3) is 0.375. The van der Waals surface area contributed by atoms with Crippen LogP contribution in [0.2, 0.25) is 0 Å². The Bertz CT molecular complexity index is 699. The number of hydrogen-bond acceptors (Lipinski definition) is 9. The highest BCUT2D eigenvalue weighted by Gasteiger charge is 2.46. The van der Waals surface area contributed by atoms with Gasteiger partial charge >= 0.3 is 5.97 Å². The van der Waals surface area contributed by atoms with Crippen LogP contribution in [0.5, 0.6) is 11.5 Å². The summed E-state index contributed by atoms with van der Waals surface area (Å²) < 4.78 is 4.90. The van der Waals surface area contributed by atoms with Gasteiger partial charge in [0.05, 0.1) is 12.1 Å². The predicted molar refractivity (Wildman–Crippen MR) is 79.9 cm³/mol. The third kappa shape index (κ3) is 4.27. The molecule has 0 radical (unpaired) electrons. The number of phenols is 2.